The van der Waals surface area contributed by atoms with Gasteiger partial charge in [0.2, 0.25) is 13.8 Å². The summed E-state index contributed by atoms with van der Waals surface area (Å²) in [4.78, 5) is 29.3. The van der Waals surface area contributed by atoms with Gasteiger partial charge in [-0.25, -0.2) is 0 Å². The first-order chi connectivity index (χ1) is 9.13. The van der Waals surface area contributed by atoms with Gasteiger partial charge in [-0.1, -0.05) is 6.07 Å². The maximum absolute atomic E-state index is 12.0. The highest BCUT2D eigenvalue weighted by molar-refractivity contribution is 6.56. The highest BCUT2D eigenvalue weighted by atomic mass is 16.2. The fourth-order valence-electron chi connectivity index (χ4n) is 3.15. The molecule has 19 heavy (non-hydrogen) atoms. The number of hydrogen-bond acceptors (Lipinski definition) is 3. The Morgan fingerprint density at radius 2 is 2.21 bits per heavy atom. The Morgan fingerprint density at radius 1 is 1.47 bits per heavy atom. The van der Waals surface area contributed by atoms with E-state index in [1.165, 1.54) is 0 Å². The summed E-state index contributed by atoms with van der Waals surface area (Å²) in [7, 11) is 1.58. The van der Waals surface area contributed by atoms with E-state index in [9.17, 15) is 9.59 Å². The minimum Gasteiger partial charge on any atom is -0.352 e. The molecule has 2 saturated heterocycles. The predicted octanol–water partition coefficient (Wildman–Crippen LogP) is 0.0878. The van der Waals surface area contributed by atoms with Crippen LogP contribution in [0.1, 0.15) is 24.4 Å². The Labute approximate surface area is 112 Å². The van der Waals surface area contributed by atoms with Gasteiger partial charge in [-0.05, 0) is 24.5 Å². The molecule has 1 aromatic rings. The van der Waals surface area contributed by atoms with E-state index in [0.717, 1.165) is 18.4 Å². The number of carbonyl (C=O) groups is 2. The number of rotatable bonds is 1. The lowest BCUT2D eigenvalue weighted by Gasteiger charge is -2.52. The van der Waals surface area contributed by atoms with Crippen LogP contribution in [0.4, 0.5) is 4.79 Å². The second kappa shape index (κ2) is 4.37. The topological polar surface area (TPSA) is 62.3 Å². The minimum atomic E-state index is -0.338. The van der Waals surface area contributed by atoms with Crippen molar-refractivity contribution < 1.29 is 9.59 Å². The summed E-state index contributed by atoms with van der Waals surface area (Å²) in [5.74, 6) is 0.206. The van der Waals surface area contributed by atoms with Crippen LogP contribution in [0.2, 0.25) is 0 Å². The molecular weight excluding hydrogens is 241 g/mol. The van der Waals surface area contributed by atoms with E-state index in [2.05, 4.69) is 10.3 Å². The van der Waals surface area contributed by atoms with Crippen LogP contribution >= 0.6 is 0 Å². The fraction of sp³-hybridized carbons (Fsp3) is 0.462. The van der Waals surface area contributed by atoms with Gasteiger partial charge in [0.1, 0.15) is 0 Å². The molecule has 0 aromatic carbocycles. The second-order valence-corrected chi connectivity index (χ2v) is 5.36. The van der Waals surface area contributed by atoms with Gasteiger partial charge in [0.25, 0.3) is 0 Å². The molecule has 5 nitrogen and oxygen atoms in total. The molecule has 0 aliphatic carbocycles. The van der Waals surface area contributed by atoms with Crippen LogP contribution in [-0.4, -0.2) is 42.5 Å². The summed E-state index contributed by atoms with van der Waals surface area (Å²) < 4.78 is 0. The van der Waals surface area contributed by atoms with Gasteiger partial charge in [0.15, 0.2) is 5.81 Å². The zero-order chi connectivity index (χ0) is 13.5. The van der Waals surface area contributed by atoms with Crippen LogP contribution in [0.15, 0.2) is 24.5 Å². The number of likely N-dealkylation sites (tertiary alicyclic amines) is 1. The zero-order valence-electron chi connectivity index (χ0n) is 10.9. The first kappa shape index (κ1) is 12.2. The monoisotopic (exact) mass is 257 g/mol. The molecule has 2 amide bonds. The molecule has 2 aliphatic rings. The van der Waals surface area contributed by atoms with E-state index in [0.29, 0.717) is 13.1 Å². The third kappa shape index (κ3) is 1.82. The Hall–Kier alpha value is -1.85. The standard InChI is InChI=1S/C13H16BN3O2/c14-12(19)17-6-3-13(4-7-17)10(16-11(13)18)9-2-1-5-15-8-9/h1-2,5,8,10H,3-4,6-7,14H2,(H,16,18). The number of piperidine rings is 1. The van der Waals surface area contributed by atoms with E-state index in [1.807, 2.05) is 23.2 Å². The highest BCUT2D eigenvalue weighted by Gasteiger charge is 2.56. The van der Waals surface area contributed by atoms with Gasteiger partial charge < -0.3 is 10.2 Å². The van der Waals surface area contributed by atoms with Gasteiger partial charge in [0.05, 0.1) is 11.5 Å². The number of nitrogens with zero attached hydrogens (tertiary/aromatic N) is 2. The van der Waals surface area contributed by atoms with E-state index in [4.69, 9.17) is 0 Å². The molecule has 1 aromatic heterocycles. The first-order valence-corrected chi connectivity index (χ1v) is 6.60. The average molecular weight is 257 g/mol. The van der Waals surface area contributed by atoms with Crippen molar-refractivity contribution in [3.8, 4) is 0 Å². The lowest BCUT2D eigenvalue weighted by molar-refractivity contribution is -0.150. The Morgan fingerprint density at radius 3 is 2.74 bits per heavy atom. The molecule has 3 heterocycles. The normalized spacial score (nSPS) is 24.7. The van der Waals surface area contributed by atoms with E-state index in [-0.39, 0.29) is 23.2 Å². The van der Waals surface area contributed by atoms with Crippen LogP contribution in [0.5, 0.6) is 0 Å². The van der Waals surface area contributed by atoms with Crippen molar-refractivity contribution in [1.82, 2.24) is 15.2 Å². The van der Waals surface area contributed by atoms with Crippen molar-refractivity contribution in [2.75, 3.05) is 13.1 Å². The predicted molar refractivity (Wildman–Crippen MR) is 72.3 cm³/mol. The lowest BCUT2D eigenvalue weighted by atomic mass is 9.64. The number of amides is 2. The molecule has 1 spiro atoms. The van der Waals surface area contributed by atoms with Crippen LogP contribution < -0.4 is 5.32 Å². The lowest BCUT2D eigenvalue weighted by Crippen LogP contribution is -2.64. The van der Waals surface area contributed by atoms with Gasteiger partial charge in [-0.15, -0.1) is 0 Å². The van der Waals surface area contributed by atoms with Crippen LogP contribution in [0.25, 0.3) is 0 Å². The van der Waals surface area contributed by atoms with Crippen LogP contribution in [0, 0.1) is 5.41 Å². The Bertz CT molecular complexity index is 512. The molecule has 1 atom stereocenters. The summed E-state index contributed by atoms with van der Waals surface area (Å²) in [6, 6.07) is 3.93. The van der Waals surface area contributed by atoms with Crippen molar-refractivity contribution >= 4 is 19.6 Å². The largest absolute Gasteiger partial charge is 0.352 e. The van der Waals surface area contributed by atoms with Crippen molar-refractivity contribution in [1.29, 1.82) is 0 Å². The van der Waals surface area contributed by atoms with Crippen molar-refractivity contribution in [3.05, 3.63) is 30.1 Å². The maximum atomic E-state index is 12.0. The van der Waals surface area contributed by atoms with Crippen LogP contribution in [-0.2, 0) is 4.79 Å². The molecule has 0 radical (unpaired) electrons. The van der Waals surface area contributed by atoms with Crippen molar-refractivity contribution in [2.24, 2.45) is 5.41 Å². The molecule has 3 rings (SSSR count). The third-order valence-electron chi connectivity index (χ3n) is 4.40. The second-order valence-electron chi connectivity index (χ2n) is 5.36. The van der Waals surface area contributed by atoms with E-state index in [1.54, 1.807) is 14.0 Å². The van der Waals surface area contributed by atoms with Crippen molar-refractivity contribution in [3.63, 3.8) is 0 Å². The number of carbonyl (C=O) groups excluding carboxylic acids is 2. The number of β-lactam (4-membered cyclic amide) rings is 1. The zero-order valence-corrected chi connectivity index (χ0v) is 10.9. The molecule has 0 bridgehead atoms. The van der Waals surface area contributed by atoms with Gasteiger partial charge in [-0.2, -0.15) is 0 Å². The SMILES string of the molecule is BC(=O)N1CCC2(CC1)C(=O)NC2c1cccnc1. The van der Waals surface area contributed by atoms with Gasteiger partial charge in [0, 0.05) is 25.5 Å². The quantitative estimate of drug-likeness (QED) is 0.572. The number of pyridine rings is 1. The van der Waals surface area contributed by atoms with E-state index >= 15 is 0 Å². The summed E-state index contributed by atoms with van der Waals surface area (Å²) in [6.07, 6.45) is 5.01. The smallest absolute Gasteiger partial charge is 0.229 e. The molecule has 1 unspecified atom stereocenters. The molecular formula is C13H16BN3O2. The molecule has 1 N–H and O–H groups in total. The Kier molecular flexibility index (Phi) is 2.80. The maximum Gasteiger partial charge on any atom is 0.229 e. The number of aromatic nitrogens is 1. The molecule has 0 saturated carbocycles. The third-order valence-corrected chi connectivity index (χ3v) is 4.40. The summed E-state index contributed by atoms with van der Waals surface area (Å²) >= 11 is 0. The molecule has 6 heteroatoms. The van der Waals surface area contributed by atoms with Gasteiger partial charge >= 0.3 is 0 Å². The average Bonchev–Trinajstić information content (AvgIpc) is 2.45. The molecule has 98 valence electrons. The van der Waals surface area contributed by atoms with Gasteiger partial charge in [-0.3, -0.25) is 14.6 Å². The minimum absolute atomic E-state index is 0.0443. The summed E-state index contributed by atoms with van der Waals surface area (Å²) in [6.45, 7) is 1.33. The summed E-state index contributed by atoms with van der Waals surface area (Å²) in [5.41, 5.74) is 0.716. The highest BCUT2D eigenvalue weighted by Crippen LogP contribution is 2.49. The van der Waals surface area contributed by atoms with E-state index < -0.39 is 0 Å². The molecule has 2 aliphatic heterocycles. The number of hydrogen-bond donors (Lipinski definition) is 1. The fourth-order valence-corrected chi connectivity index (χ4v) is 3.15. The van der Waals surface area contributed by atoms with Crippen LogP contribution in [0.3, 0.4) is 0 Å². The first-order valence-electron chi connectivity index (χ1n) is 6.60. The Balaban J connectivity index is 1.80. The van der Waals surface area contributed by atoms with Crippen molar-refractivity contribution in [2.45, 2.75) is 18.9 Å². The number of nitrogens with one attached hydrogen (secondary N) is 1. The molecule has 2 fully saturated rings. The summed E-state index contributed by atoms with van der Waals surface area (Å²) in [5, 5.41) is 2.98.